The second-order valence-electron chi connectivity index (χ2n) is 7.49. The molecule has 1 aliphatic rings. The topological polar surface area (TPSA) is 57.5 Å². The van der Waals surface area contributed by atoms with Crippen molar-refractivity contribution >= 4 is 5.96 Å². The first-order valence-electron chi connectivity index (χ1n) is 10.1. The van der Waals surface area contributed by atoms with Gasteiger partial charge in [-0.05, 0) is 62.5 Å². The van der Waals surface area contributed by atoms with Crippen LogP contribution in [0.2, 0.25) is 0 Å². The third-order valence-corrected chi connectivity index (χ3v) is 5.30. The Hall–Kier alpha value is -2.41. The monoisotopic (exact) mass is 386 g/mol. The molecular weight excluding hydrogens is 355 g/mol. The van der Waals surface area contributed by atoms with Crippen molar-refractivity contribution in [3.05, 3.63) is 48.3 Å². The second-order valence-corrected chi connectivity index (χ2v) is 7.49. The number of hydrogen-bond donors (Lipinski definition) is 2. The van der Waals surface area contributed by atoms with Crippen molar-refractivity contribution in [3.63, 3.8) is 0 Å². The summed E-state index contributed by atoms with van der Waals surface area (Å²) in [6.07, 6.45) is 8.67. The van der Waals surface area contributed by atoms with Gasteiger partial charge in [-0.3, -0.25) is 4.99 Å². The van der Waals surface area contributed by atoms with Crippen molar-refractivity contribution in [2.24, 2.45) is 10.9 Å². The normalized spacial score (nSPS) is 16.3. The van der Waals surface area contributed by atoms with Gasteiger partial charge in [0.15, 0.2) is 5.96 Å². The molecule has 0 saturated carbocycles. The van der Waals surface area contributed by atoms with Gasteiger partial charge in [0.1, 0.15) is 5.82 Å². The van der Waals surface area contributed by atoms with Gasteiger partial charge in [-0.2, -0.15) is 0 Å². The standard InChI is InChI=1S/C21H31FN6/c1-17-6-11-27(12-7-17)10-3-8-25-21(23-2)26-15-18-4-5-20(19(22)14-18)28-13-9-24-16-28/h4-5,9,13-14,16-17H,3,6-8,10-12,15H2,1-2H3,(H2,23,25,26). The lowest BCUT2D eigenvalue weighted by atomic mass is 9.99. The molecular formula is C21H31FN6. The minimum Gasteiger partial charge on any atom is -0.356 e. The lowest BCUT2D eigenvalue weighted by molar-refractivity contribution is 0.191. The molecule has 152 valence electrons. The number of aromatic nitrogens is 2. The third-order valence-electron chi connectivity index (χ3n) is 5.30. The van der Waals surface area contributed by atoms with Crippen LogP contribution in [0, 0.1) is 11.7 Å². The van der Waals surface area contributed by atoms with Crippen LogP contribution in [0.3, 0.4) is 0 Å². The number of nitrogens with zero attached hydrogens (tertiary/aromatic N) is 4. The minimum absolute atomic E-state index is 0.268. The predicted molar refractivity (Wildman–Crippen MR) is 111 cm³/mol. The Balaban J connectivity index is 1.40. The van der Waals surface area contributed by atoms with Crippen LogP contribution in [-0.2, 0) is 6.54 Å². The molecule has 1 aromatic heterocycles. The Morgan fingerprint density at radius 3 is 2.79 bits per heavy atom. The van der Waals surface area contributed by atoms with E-state index in [-0.39, 0.29) is 5.82 Å². The van der Waals surface area contributed by atoms with Crippen molar-refractivity contribution in [1.29, 1.82) is 0 Å². The number of rotatable bonds is 7. The lowest BCUT2D eigenvalue weighted by Crippen LogP contribution is -2.39. The molecule has 1 saturated heterocycles. The number of hydrogen-bond acceptors (Lipinski definition) is 3. The average molecular weight is 387 g/mol. The number of halogens is 1. The Morgan fingerprint density at radius 1 is 1.29 bits per heavy atom. The molecule has 0 unspecified atom stereocenters. The van der Waals surface area contributed by atoms with E-state index in [0.29, 0.717) is 12.2 Å². The average Bonchev–Trinajstić information content (AvgIpc) is 3.23. The Labute approximate surface area is 166 Å². The Bertz CT molecular complexity index is 750. The van der Waals surface area contributed by atoms with Gasteiger partial charge in [-0.25, -0.2) is 9.37 Å². The summed E-state index contributed by atoms with van der Waals surface area (Å²) >= 11 is 0. The molecule has 6 nitrogen and oxygen atoms in total. The third kappa shape index (κ3) is 5.79. The van der Waals surface area contributed by atoms with E-state index in [1.54, 1.807) is 42.5 Å². The molecule has 2 N–H and O–H groups in total. The van der Waals surface area contributed by atoms with Crippen LogP contribution in [-0.4, -0.2) is 53.6 Å². The Morgan fingerprint density at radius 2 is 2.11 bits per heavy atom. The fourth-order valence-corrected chi connectivity index (χ4v) is 3.47. The van der Waals surface area contributed by atoms with Crippen LogP contribution in [0.1, 0.15) is 31.7 Å². The number of likely N-dealkylation sites (tertiary alicyclic amines) is 1. The number of imidazole rings is 1. The maximum absolute atomic E-state index is 14.3. The zero-order chi connectivity index (χ0) is 19.8. The van der Waals surface area contributed by atoms with Crippen molar-refractivity contribution < 1.29 is 4.39 Å². The van der Waals surface area contributed by atoms with Crippen molar-refractivity contribution in [1.82, 2.24) is 25.1 Å². The molecule has 28 heavy (non-hydrogen) atoms. The van der Waals surface area contributed by atoms with E-state index >= 15 is 0 Å². The summed E-state index contributed by atoms with van der Waals surface area (Å²) in [4.78, 5) is 10.8. The number of aliphatic imine (C=N–C) groups is 1. The van der Waals surface area contributed by atoms with E-state index in [0.717, 1.165) is 37.0 Å². The summed E-state index contributed by atoms with van der Waals surface area (Å²) in [7, 11) is 1.75. The van der Waals surface area contributed by atoms with Crippen LogP contribution in [0.4, 0.5) is 4.39 Å². The quantitative estimate of drug-likeness (QED) is 0.436. The number of guanidine groups is 1. The highest BCUT2D eigenvalue weighted by molar-refractivity contribution is 5.79. The van der Waals surface area contributed by atoms with Gasteiger partial charge in [0.25, 0.3) is 0 Å². The van der Waals surface area contributed by atoms with Crippen LogP contribution < -0.4 is 10.6 Å². The fourth-order valence-electron chi connectivity index (χ4n) is 3.47. The molecule has 0 bridgehead atoms. The van der Waals surface area contributed by atoms with E-state index < -0.39 is 0 Å². The molecule has 7 heteroatoms. The molecule has 1 aliphatic heterocycles. The SMILES string of the molecule is CN=C(NCCCN1CCC(C)CC1)NCc1ccc(-n2ccnc2)c(F)c1. The van der Waals surface area contributed by atoms with E-state index in [1.807, 2.05) is 6.07 Å². The molecule has 0 radical (unpaired) electrons. The minimum atomic E-state index is -0.268. The largest absolute Gasteiger partial charge is 0.356 e. The number of nitrogens with one attached hydrogen (secondary N) is 2. The van der Waals surface area contributed by atoms with Gasteiger partial charge >= 0.3 is 0 Å². The van der Waals surface area contributed by atoms with Gasteiger partial charge in [-0.15, -0.1) is 0 Å². The first kappa shape index (κ1) is 20.3. The second kappa shape index (κ2) is 10.2. The molecule has 0 atom stereocenters. The number of piperidine rings is 1. The van der Waals surface area contributed by atoms with Crippen LogP contribution in [0.5, 0.6) is 0 Å². The molecule has 0 amide bonds. The van der Waals surface area contributed by atoms with E-state index in [4.69, 9.17) is 0 Å². The molecule has 3 rings (SSSR count). The highest BCUT2D eigenvalue weighted by atomic mass is 19.1. The van der Waals surface area contributed by atoms with Gasteiger partial charge in [0, 0.05) is 32.5 Å². The fraction of sp³-hybridized carbons (Fsp3) is 0.524. The summed E-state index contributed by atoms with van der Waals surface area (Å²) < 4.78 is 16.0. The van der Waals surface area contributed by atoms with Crippen LogP contribution in [0.25, 0.3) is 5.69 Å². The zero-order valence-corrected chi connectivity index (χ0v) is 16.9. The van der Waals surface area contributed by atoms with Crippen molar-refractivity contribution in [2.45, 2.75) is 32.7 Å². The van der Waals surface area contributed by atoms with Crippen LogP contribution >= 0.6 is 0 Å². The van der Waals surface area contributed by atoms with Gasteiger partial charge in [0.2, 0.25) is 0 Å². The smallest absolute Gasteiger partial charge is 0.191 e. The summed E-state index contributed by atoms with van der Waals surface area (Å²) in [5.74, 6) is 1.35. The summed E-state index contributed by atoms with van der Waals surface area (Å²) in [6, 6.07) is 5.23. The molecule has 1 aromatic carbocycles. The van der Waals surface area contributed by atoms with Crippen LogP contribution in [0.15, 0.2) is 41.9 Å². The molecule has 0 spiro atoms. The molecule has 2 aromatic rings. The van der Waals surface area contributed by atoms with E-state index in [2.05, 4.69) is 32.4 Å². The maximum atomic E-state index is 14.3. The highest BCUT2D eigenvalue weighted by Gasteiger charge is 2.14. The molecule has 0 aliphatic carbocycles. The first-order valence-corrected chi connectivity index (χ1v) is 10.1. The first-order chi connectivity index (χ1) is 13.7. The lowest BCUT2D eigenvalue weighted by Gasteiger charge is -2.30. The highest BCUT2D eigenvalue weighted by Crippen LogP contribution is 2.16. The molecule has 2 heterocycles. The van der Waals surface area contributed by atoms with E-state index in [9.17, 15) is 4.39 Å². The van der Waals surface area contributed by atoms with Gasteiger partial charge in [0.05, 0.1) is 12.0 Å². The van der Waals surface area contributed by atoms with E-state index in [1.165, 1.54) is 25.9 Å². The number of benzene rings is 1. The Kier molecular flexibility index (Phi) is 7.42. The maximum Gasteiger partial charge on any atom is 0.191 e. The summed E-state index contributed by atoms with van der Waals surface area (Å²) in [6.45, 7) is 7.29. The summed E-state index contributed by atoms with van der Waals surface area (Å²) in [5.41, 5.74) is 1.36. The van der Waals surface area contributed by atoms with Crippen molar-refractivity contribution in [3.8, 4) is 5.69 Å². The van der Waals surface area contributed by atoms with Crippen molar-refractivity contribution in [2.75, 3.05) is 33.2 Å². The van der Waals surface area contributed by atoms with Gasteiger partial charge in [-0.1, -0.05) is 13.0 Å². The zero-order valence-electron chi connectivity index (χ0n) is 16.9. The molecule has 1 fully saturated rings. The van der Waals surface area contributed by atoms with Gasteiger partial charge < -0.3 is 20.1 Å². The summed E-state index contributed by atoms with van der Waals surface area (Å²) in [5, 5.41) is 6.59. The predicted octanol–water partition coefficient (Wildman–Crippen LogP) is 2.80.